The second-order valence-electron chi connectivity index (χ2n) is 5.19. The zero-order valence-electron chi connectivity index (χ0n) is 9.63. The van der Waals surface area contributed by atoms with Gasteiger partial charge in [0.25, 0.3) is 0 Å². The molecule has 1 aliphatic heterocycles. The molecule has 2 atom stereocenters. The molecule has 0 amide bonds. The Morgan fingerprint density at radius 3 is 2.64 bits per heavy atom. The van der Waals surface area contributed by atoms with Crippen molar-refractivity contribution in [3.05, 3.63) is 0 Å². The highest BCUT2D eigenvalue weighted by molar-refractivity contribution is 4.83. The molecule has 0 aromatic carbocycles. The molecule has 2 unspecified atom stereocenters. The molecule has 2 rings (SSSR count). The maximum absolute atomic E-state index is 3.45. The third kappa shape index (κ3) is 2.29. The summed E-state index contributed by atoms with van der Waals surface area (Å²) in [4.78, 5) is 2.60. The Morgan fingerprint density at radius 1 is 1.36 bits per heavy atom. The van der Waals surface area contributed by atoms with Crippen LogP contribution in [0.1, 0.15) is 39.0 Å². The van der Waals surface area contributed by atoms with Gasteiger partial charge in [0.05, 0.1) is 0 Å². The lowest BCUT2D eigenvalue weighted by Gasteiger charge is -2.35. The Bertz CT molecular complexity index is 171. The Labute approximate surface area is 88.1 Å². The quantitative estimate of drug-likeness (QED) is 0.738. The van der Waals surface area contributed by atoms with Gasteiger partial charge in [-0.1, -0.05) is 19.3 Å². The molecule has 0 bridgehead atoms. The van der Waals surface area contributed by atoms with E-state index in [0.29, 0.717) is 0 Å². The van der Waals surface area contributed by atoms with E-state index < -0.39 is 0 Å². The first-order chi connectivity index (χ1) is 6.77. The van der Waals surface area contributed by atoms with E-state index in [2.05, 4.69) is 24.2 Å². The first-order valence-corrected chi connectivity index (χ1v) is 6.20. The first kappa shape index (κ1) is 10.4. The zero-order chi connectivity index (χ0) is 9.97. The summed E-state index contributed by atoms with van der Waals surface area (Å²) in [5.41, 5.74) is 0. The van der Waals surface area contributed by atoms with Crippen molar-refractivity contribution in [2.45, 2.75) is 51.1 Å². The van der Waals surface area contributed by atoms with E-state index in [0.717, 1.165) is 18.0 Å². The van der Waals surface area contributed by atoms with Crippen molar-refractivity contribution in [3.8, 4) is 0 Å². The van der Waals surface area contributed by atoms with Crippen LogP contribution in [-0.4, -0.2) is 37.1 Å². The molecule has 0 spiro atoms. The summed E-state index contributed by atoms with van der Waals surface area (Å²) >= 11 is 0. The van der Waals surface area contributed by atoms with E-state index in [-0.39, 0.29) is 0 Å². The van der Waals surface area contributed by atoms with Crippen molar-refractivity contribution < 1.29 is 0 Å². The second kappa shape index (κ2) is 4.63. The van der Waals surface area contributed by atoms with Crippen molar-refractivity contribution in [1.82, 2.24) is 10.2 Å². The molecule has 1 saturated heterocycles. The fourth-order valence-corrected chi connectivity index (χ4v) is 2.72. The van der Waals surface area contributed by atoms with Crippen molar-refractivity contribution >= 4 is 0 Å². The van der Waals surface area contributed by atoms with Crippen molar-refractivity contribution in [3.63, 3.8) is 0 Å². The lowest BCUT2D eigenvalue weighted by molar-refractivity contribution is 0.146. The van der Waals surface area contributed by atoms with Gasteiger partial charge in [-0.3, -0.25) is 4.90 Å². The number of likely N-dealkylation sites (N-methyl/N-ethyl adjacent to an activating group) is 1. The van der Waals surface area contributed by atoms with Crippen LogP contribution < -0.4 is 5.32 Å². The smallest absolute Gasteiger partial charge is 0.0232 e. The number of hydrogen-bond donors (Lipinski definition) is 1. The van der Waals surface area contributed by atoms with E-state index in [4.69, 9.17) is 0 Å². The van der Waals surface area contributed by atoms with Crippen molar-refractivity contribution in [1.29, 1.82) is 0 Å². The van der Waals surface area contributed by atoms with Gasteiger partial charge in [0.15, 0.2) is 0 Å². The van der Waals surface area contributed by atoms with Crippen LogP contribution in [0, 0.1) is 5.92 Å². The summed E-state index contributed by atoms with van der Waals surface area (Å²) in [6, 6.07) is 1.58. The third-order valence-electron chi connectivity index (χ3n) is 4.20. The van der Waals surface area contributed by atoms with Crippen LogP contribution >= 0.6 is 0 Å². The summed E-state index contributed by atoms with van der Waals surface area (Å²) < 4.78 is 0. The molecule has 2 fully saturated rings. The fraction of sp³-hybridized carbons (Fsp3) is 1.00. The minimum absolute atomic E-state index is 0.783. The SMILES string of the molecule is CC(CC1CCC1)N(C)C1CCNC1. The number of hydrogen-bond acceptors (Lipinski definition) is 2. The molecule has 2 nitrogen and oxygen atoms in total. The Morgan fingerprint density at radius 2 is 2.14 bits per heavy atom. The summed E-state index contributed by atoms with van der Waals surface area (Å²) in [6.45, 7) is 4.81. The Hall–Kier alpha value is -0.0800. The van der Waals surface area contributed by atoms with Gasteiger partial charge in [-0.05, 0) is 39.3 Å². The molecule has 0 radical (unpaired) electrons. The third-order valence-corrected chi connectivity index (χ3v) is 4.20. The van der Waals surface area contributed by atoms with Crippen molar-refractivity contribution in [2.75, 3.05) is 20.1 Å². The summed E-state index contributed by atoms with van der Waals surface area (Å²) in [5, 5.41) is 3.45. The van der Waals surface area contributed by atoms with Gasteiger partial charge < -0.3 is 5.32 Å². The minimum atomic E-state index is 0.783. The van der Waals surface area contributed by atoms with Crippen LogP contribution in [0.3, 0.4) is 0 Å². The predicted molar refractivity (Wildman–Crippen MR) is 60.5 cm³/mol. The monoisotopic (exact) mass is 196 g/mol. The predicted octanol–water partition coefficient (Wildman–Crippen LogP) is 1.86. The molecule has 82 valence electrons. The van der Waals surface area contributed by atoms with Gasteiger partial charge in [0, 0.05) is 18.6 Å². The van der Waals surface area contributed by atoms with Crippen LogP contribution in [0.25, 0.3) is 0 Å². The first-order valence-electron chi connectivity index (χ1n) is 6.20. The van der Waals surface area contributed by atoms with E-state index in [9.17, 15) is 0 Å². The highest BCUT2D eigenvalue weighted by Gasteiger charge is 2.26. The van der Waals surface area contributed by atoms with E-state index in [1.54, 1.807) is 0 Å². The summed E-state index contributed by atoms with van der Waals surface area (Å²) in [7, 11) is 2.31. The lowest BCUT2D eigenvalue weighted by Crippen LogP contribution is -2.41. The number of rotatable bonds is 4. The van der Waals surface area contributed by atoms with E-state index in [1.165, 1.54) is 45.2 Å². The van der Waals surface area contributed by atoms with Gasteiger partial charge in [-0.2, -0.15) is 0 Å². The Kier molecular flexibility index (Phi) is 3.45. The van der Waals surface area contributed by atoms with Crippen LogP contribution in [0.5, 0.6) is 0 Å². The lowest BCUT2D eigenvalue weighted by atomic mass is 9.81. The highest BCUT2D eigenvalue weighted by atomic mass is 15.2. The summed E-state index contributed by atoms with van der Waals surface area (Å²) in [5.74, 6) is 1.04. The van der Waals surface area contributed by atoms with E-state index in [1.807, 2.05) is 0 Å². The Balaban J connectivity index is 1.74. The van der Waals surface area contributed by atoms with Crippen LogP contribution in [-0.2, 0) is 0 Å². The number of nitrogens with zero attached hydrogens (tertiary/aromatic N) is 1. The molecule has 1 heterocycles. The van der Waals surface area contributed by atoms with Gasteiger partial charge in [-0.15, -0.1) is 0 Å². The largest absolute Gasteiger partial charge is 0.315 e. The minimum Gasteiger partial charge on any atom is -0.315 e. The van der Waals surface area contributed by atoms with Crippen LogP contribution in [0.4, 0.5) is 0 Å². The molecule has 0 aromatic heterocycles. The number of nitrogens with one attached hydrogen (secondary N) is 1. The topological polar surface area (TPSA) is 15.3 Å². The summed E-state index contributed by atoms with van der Waals surface area (Å²) in [6.07, 6.45) is 7.22. The maximum atomic E-state index is 3.45. The molecule has 1 N–H and O–H groups in total. The molecule has 1 saturated carbocycles. The average Bonchev–Trinajstić information content (AvgIpc) is 2.62. The van der Waals surface area contributed by atoms with Gasteiger partial charge >= 0.3 is 0 Å². The van der Waals surface area contributed by atoms with Crippen molar-refractivity contribution in [2.24, 2.45) is 5.92 Å². The highest BCUT2D eigenvalue weighted by Crippen LogP contribution is 2.31. The molecule has 0 aromatic rings. The standard InChI is InChI=1S/C12H24N2/c1-10(8-11-4-3-5-11)14(2)12-6-7-13-9-12/h10-13H,3-9H2,1-2H3. The van der Waals surface area contributed by atoms with Crippen LogP contribution in [0.15, 0.2) is 0 Å². The molecule has 2 heteroatoms. The maximum Gasteiger partial charge on any atom is 0.0232 e. The zero-order valence-corrected chi connectivity index (χ0v) is 9.63. The molecule has 2 aliphatic rings. The second-order valence-corrected chi connectivity index (χ2v) is 5.19. The van der Waals surface area contributed by atoms with E-state index >= 15 is 0 Å². The fourth-order valence-electron chi connectivity index (χ4n) is 2.72. The van der Waals surface area contributed by atoms with Crippen LogP contribution in [0.2, 0.25) is 0 Å². The van der Waals surface area contributed by atoms with Gasteiger partial charge in [-0.25, -0.2) is 0 Å². The average molecular weight is 196 g/mol. The normalized spacial score (nSPS) is 30.6. The molecular formula is C12H24N2. The molecular weight excluding hydrogens is 172 g/mol. The van der Waals surface area contributed by atoms with Gasteiger partial charge in [0.1, 0.15) is 0 Å². The molecule has 14 heavy (non-hydrogen) atoms. The van der Waals surface area contributed by atoms with Gasteiger partial charge in [0.2, 0.25) is 0 Å². The molecule has 1 aliphatic carbocycles.